The molecule has 0 unspecified atom stereocenters. The van der Waals surface area contributed by atoms with Gasteiger partial charge in [-0.15, -0.1) is 0 Å². The van der Waals surface area contributed by atoms with Crippen LogP contribution in [0.25, 0.3) is 0 Å². The first kappa shape index (κ1) is 11.9. The molecule has 0 aliphatic heterocycles. The highest BCUT2D eigenvalue weighted by molar-refractivity contribution is 9.10. The van der Waals surface area contributed by atoms with Crippen LogP contribution in [0.4, 0.5) is 0 Å². The minimum atomic E-state index is 0.175. The molecule has 1 aliphatic rings. The van der Waals surface area contributed by atoms with Gasteiger partial charge in [-0.05, 0) is 54.6 Å². The lowest BCUT2D eigenvalue weighted by atomic mass is 9.98. The molecule has 2 nitrogen and oxygen atoms in total. The maximum absolute atomic E-state index is 9.86. The molecule has 16 heavy (non-hydrogen) atoms. The van der Waals surface area contributed by atoms with Gasteiger partial charge in [-0.1, -0.05) is 12.1 Å². The summed E-state index contributed by atoms with van der Waals surface area (Å²) in [6.45, 7) is 5.19. The van der Waals surface area contributed by atoms with Gasteiger partial charge in [0.15, 0.2) is 0 Å². The van der Waals surface area contributed by atoms with Crippen molar-refractivity contribution in [3.63, 3.8) is 0 Å². The summed E-state index contributed by atoms with van der Waals surface area (Å²) in [5.74, 6) is 1.14. The van der Waals surface area contributed by atoms with Gasteiger partial charge < -0.3 is 10.4 Å². The third kappa shape index (κ3) is 2.58. The molecule has 0 bridgehead atoms. The number of hydrogen-bond donors (Lipinski definition) is 2. The molecule has 0 radical (unpaired) electrons. The fourth-order valence-electron chi connectivity index (χ4n) is 1.98. The van der Waals surface area contributed by atoms with Crippen molar-refractivity contribution in [3.8, 4) is 5.75 Å². The first-order valence-corrected chi connectivity index (χ1v) is 6.51. The zero-order valence-corrected chi connectivity index (χ0v) is 11.3. The lowest BCUT2D eigenvalue weighted by Gasteiger charge is -2.26. The van der Waals surface area contributed by atoms with E-state index >= 15 is 0 Å². The van der Waals surface area contributed by atoms with Crippen molar-refractivity contribution in [3.05, 3.63) is 28.2 Å². The number of aromatic hydroxyl groups is 1. The number of halogens is 1. The van der Waals surface area contributed by atoms with Gasteiger partial charge in [0.2, 0.25) is 0 Å². The Labute approximate surface area is 105 Å². The molecule has 2 N–H and O–H groups in total. The molecule has 0 saturated heterocycles. The second kappa shape index (κ2) is 4.38. The van der Waals surface area contributed by atoms with Crippen LogP contribution in [0.5, 0.6) is 5.75 Å². The average molecular weight is 284 g/mol. The largest absolute Gasteiger partial charge is 0.506 e. The molecule has 1 aliphatic carbocycles. The molecule has 1 saturated carbocycles. The van der Waals surface area contributed by atoms with Crippen LogP contribution in [0.1, 0.15) is 32.3 Å². The lowest BCUT2D eigenvalue weighted by molar-refractivity contribution is 0.336. The summed E-state index contributed by atoms with van der Waals surface area (Å²) in [5.41, 5.74) is 1.12. The van der Waals surface area contributed by atoms with Crippen molar-refractivity contribution in [2.75, 3.05) is 0 Å². The quantitative estimate of drug-likeness (QED) is 0.887. The number of nitrogens with one attached hydrogen (secondary N) is 1. The highest BCUT2D eigenvalue weighted by Crippen LogP contribution is 2.39. The van der Waals surface area contributed by atoms with Crippen LogP contribution in [-0.2, 0) is 6.54 Å². The van der Waals surface area contributed by atoms with Crippen LogP contribution in [-0.4, -0.2) is 10.6 Å². The minimum absolute atomic E-state index is 0.175. The molecule has 3 heteroatoms. The Kier molecular flexibility index (Phi) is 3.27. The predicted molar refractivity (Wildman–Crippen MR) is 69.4 cm³/mol. The third-order valence-electron chi connectivity index (χ3n) is 3.40. The highest BCUT2D eigenvalue weighted by atomic mass is 79.9. The van der Waals surface area contributed by atoms with Gasteiger partial charge >= 0.3 is 0 Å². The standard InChI is InChI=1S/C13H18BrNO/c1-13(2,10-6-7-10)15-8-9-4-3-5-11(14)12(9)16/h3-5,10,15-16H,6-8H2,1-2H3. The number of para-hydroxylation sites is 1. The Balaban J connectivity index is 2.01. The molecule has 0 spiro atoms. The predicted octanol–water partition coefficient (Wildman–Crippen LogP) is 3.43. The van der Waals surface area contributed by atoms with E-state index in [1.54, 1.807) is 0 Å². The zero-order chi connectivity index (χ0) is 11.8. The molecule has 1 fully saturated rings. The summed E-state index contributed by atoms with van der Waals surface area (Å²) in [7, 11) is 0. The summed E-state index contributed by atoms with van der Waals surface area (Å²) in [5, 5.41) is 13.4. The summed E-state index contributed by atoms with van der Waals surface area (Å²) < 4.78 is 0.760. The van der Waals surface area contributed by atoms with Gasteiger partial charge in [0, 0.05) is 17.6 Å². The molecule has 0 aromatic heterocycles. The van der Waals surface area contributed by atoms with E-state index in [1.807, 2.05) is 18.2 Å². The van der Waals surface area contributed by atoms with Crippen LogP contribution in [0.3, 0.4) is 0 Å². The van der Waals surface area contributed by atoms with E-state index in [2.05, 4.69) is 35.1 Å². The van der Waals surface area contributed by atoms with E-state index in [9.17, 15) is 5.11 Å². The number of benzene rings is 1. The summed E-state index contributed by atoms with van der Waals surface area (Å²) in [6.07, 6.45) is 2.65. The van der Waals surface area contributed by atoms with Gasteiger partial charge in [0.05, 0.1) is 4.47 Å². The Hall–Kier alpha value is -0.540. The second-order valence-electron chi connectivity index (χ2n) is 5.10. The summed E-state index contributed by atoms with van der Waals surface area (Å²) in [4.78, 5) is 0. The fraction of sp³-hybridized carbons (Fsp3) is 0.538. The molecule has 2 rings (SSSR count). The van der Waals surface area contributed by atoms with E-state index in [0.29, 0.717) is 5.75 Å². The topological polar surface area (TPSA) is 32.3 Å². The Bertz CT molecular complexity index is 386. The molecule has 0 atom stereocenters. The van der Waals surface area contributed by atoms with Gasteiger partial charge in [0.1, 0.15) is 5.75 Å². The maximum atomic E-state index is 9.86. The fourth-order valence-corrected chi connectivity index (χ4v) is 2.38. The van der Waals surface area contributed by atoms with Crippen LogP contribution in [0.15, 0.2) is 22.7 Å². The normalized spacial score (nSPS) is 16.4. The van der Waals surface area contributed by atoms with E-state index in [1.165, 1.54) is 12.8 Å². The summed E-state index contributed by atoms with van der Waals surface area (Å²) >= 11 is 3.33. The maximum Gasteiger partial charge on any atom is 0.134 e. The molecule has 0 amide bonds. The van der Waals surface area contributed by atoms with Crippen LogP contribution in [0.2, 0.25) is 0 Å². The molecule has 88 valence electrons. The minimum Gasteiger partial charge on any atom is -0.506 e. The van der Waals surface area contributed by atoms with E-state index in [0.717, 1.165) is 22.5 Å². The van der Waals surface area contributed by atoms with Crippen molar-refractivity contribution in [1.29, 1.82) is 0 Å². The van der Waals surface area contributed by atoms with E-state index < -0.39 is 0 Å². The van der Waals surface area contributed by atoms with Crippen molar-refractivity contribution in [1.82, 2.24) is 5.32 Å². The third-order valence-corrected chi connectivity index (χ3v) is 4.04. The number of hydrogen-bond acceptors (Lipinski definition) is 2. The SMILES string of the molecule is CC(C)(NCc1cccc(Br)c1O)C1CC1. The Morgan fingerprint density at radius 3 is 2.75 bits per heavy atom. The van der Waals surface area contributed by atoms with E-state index in [-0.39, 0.29) is 5.54 Å². The first-order valence-electron chi connectivity index (χ1n) is 5.72. The molecular weight excluding hydrogens is 266 g/mol. The monoisotopic (exact) mass is 283 g/mol. The van der Waals surface area contributed by atoms with Crippen LogP contribution >= 0.6 is 15.9 Å². The molecule has 0 heterocycles. The Morgan fingerprint density at radius 2 is 2.12 bits per heavy atom. The zero-order valence-electron chi connectivity index (χ0n) is 9.76. The Morgan fingerprint density at radius 1 is 1.44 bits per heavy atom. The summed E-state index contributed by atoms with van der Waals surface area (Å²) in [6, 6.07) is 5.76. The van der Waals surface area contributed by atoms with Crippen molar-refractivity contribution in [2.45, 2.75) is 38.8 Å². The lowest BCUT2D eigenvalue weighted by Crippen LogP contribution is -2.40. The molecular formula is C13H18BrNO. The number of phenols is 1. The smallest absolute Gasteiger partial charge is 0.134 e. The first-order chi connectivity index (χ1) is 7.50. The second-order valence-corrected chi connectivity index (χ2v) is 5.95. The molecule has 1 aromatic carbocycles. The van der Waals surface area contributed by atoms with Gasteiger partial charge in [-0.25, -0.2) is 0 Å². The molecule has 1 aromatic rings. The average Bonchev–Trinajstić information content (AvgIpc) is 3.04. The van der Waals surface area contributed by atoms with Crippen molar-refractivity contribution in [2.24, 2.45) is 5.92 Å². The van der Waals surface area contributed by atoms with Gasteiger partial charge in [-0.2, -0.15) is 0 Å². The van der Waals surface area contributed by atoms with Crippen molar-refractivity contribution >= 4 is 15.9 Å². The van der Waals surface area contributed by atoms with Gasteiger partial charge in [0.25, 0.3) is 0 Å². The number of phenolic OH excluding ortho intramolecular Hbond substituents is 1. The van der Waals surface area contributed by atoms with Crippen LogP contribution in [0, 0.1) is 5.92 Å². The number of rotatable bonds is 4. The van der Waals surface area contributed by atoms with Crippen molar-refractivity contribution < 1.29 is 5.11 Å². The van der Waals surface area contributed by atoms with Gasteiger partial charge in [-0.3, -0.25) is 0 Å². The van der Waals surface area contributed by atoms with Crippen LogP contribution < -0.4 is 5.32 Å². The van der Waals surface area contributed by atoms with E-state index in [4.69, 9.17) is 0 Å². The highest BCUT2D eigenvalue weighted by Gasteiger charge is 2.37.